The number of carbonyl (C=O) groups excluding carboxylic acids is 3. The monoisotopic (exact) mass is 359 g/mol. The number of benzene rings is 1. The Bertz CT molecular complexity index is 622. The van der Waals surface area contributed by atoms with Gasteiger partial charge in [-0.05, 0) is 24.1 Å². The quantitative estimate of drug-likeness (QED) is 0.756. The molecule has 1 aromatic carbocycles. The first-order chi connectivity index (χ1) is 11.3. The molecule has 0 aliphatic heterocycles. The summed E-state index contributed by atoms with van der Waals surface area (Å²) in [6.45, 7) is 3.05. The van der Waals surface area contributed by atoms with Gasteiger partial charge in [-0.25, -0.2) is 14.0 Å². The lowest BCUT2D eigenvalue weighted by atomic mass is 9.99. The Balaban J connectivity index is 2.64. The molecule has 1 N–H and O–H groups in total. The molecule has 132 valence electrons. The summed E-state index contributed by atoms with van der Waals surface area (Å²) in [7, 11) is 1.22. The van der Waals surface area contributed by atoms with Crippen molar-refractivity contribution in [3.63, 3.8) is 0 Å². The van der Waals surface area contributed by atoms with Gasteiger partial charge in [0, 0.05) is 0 Å². The minimum atomic E-state index is -0.867. The summed E-state index contributed by atoms with van der Waals surface area (Å²) < 4.78 is 22.4. The molecule has 8 heteroatoms. The first-order valence-electron chi connectivity index (χ1n) is 7.29. The van der Waals surface area contributed by atoms with E-state index in [0.717, 1.165) is 18.2 Å². The van der Waals surface area contributed by atoms with Crippen LogP contribution in [0, 0.1) is 11.7 Å². The molecule has 0 aliphatic rings. The fraction of sp³-hybridized carbons (Fsp3) is 0.438. The third-order valence-corrected chi connectivity index (χ3v) is 3.78. The molecule has 0 heterocycles. The molecule has 24 heavy (non-hydrogen) atoms. The largest absolute Gasteiger partial charge is 0.467 e. The van der Waals surface area contributed by atoms with Crippen LogP contribution in [0.5, 0.6) is 0 Å². The topological polar surface area (TPSA) is 81.7 Å². The third kappa shape index (κ3) is 5.49. The fourth-order valence-electron chi connectivity index (χ4n) is 1.88. The van der Waals surface area contributed by atoms with Crippen LogP contribution in [0.3, 0.4) is 0 Å². The summed E-state index contributed by atoms with van der Waals surface area (Å²) in [6, 6.07) is 2.35. The Morgan fingerprint density at radius 1 is 1.33 bits per heavy atom. The molecule has 1 aromatic rings. The molecule has 0 aliphatic carbocycles. The maximum absolute atomic E-state index is 12.9. The average Bonchev–Trinajstić information content (AvgIpc) is 2.56. The highest BCUT2D eigenvalue weighted by Gasteiger charge is 2.27. The van der Waals surface area contributed by atoms with Crippen molar-refractivity contribution in [1.82, 2.24) is 5.32 Å². The molecule has 0 unspecified atom stereocenters. The average molecular weight is 360 g/mol. The molecule has 1 rings (SSSR count). The van der Waals surface area contributed by atoms with Crippen LogP contribution in [-0.2, 0) is 19.1 Å². The van der Waals surface area contributed by atoms with Gasteiger partial charge in [0.25, 0.3) is 5.91 Å². The molecule has 0 saturated carbocycles. The summed E-state index contributed by atoms with van der Waals surface area (Å²) in [6.07, 6.45) is 0.644. The number of hydrogen-bond donors (Lipinski definition) is 1. The van der Waals surface area contributed by atoms with Gasteiger partial charge in [0.2, 0.25) is 0 Å². The number of methoxy groups -OCH3 is 1. The highest BCUT2D eigenvalue weighted by atomic mass is 35.5. The van der Waals surface area contributed by atoms with Gasteiger partial charge in [0.1, 0.15) is 11.9 Å². The molecule has 0 spiro atoms. The number of carbonyl (C=O) groups is 3. The number of amides is 1. The van der Waals surface area contributed by atoms with E-state index in [0.29, 0.717) is 6.42 Å². The Morgan fingerprint density at radius 3 is 2.54 bits per heavy atom. The number of rotatable bonds is 7. The van der Waals surface area contributed by atoms with Crippen LogP contribution in [0.15, 0.2) is 18.2 Å². The maximum atomic E-state index is 12.9. The Kier molecular flexibility index (Phi) is 7.64. The normalized spacial score (nSPS) is 12.9. The van der Waals surface area contributed by atoms with E-state index in [1.807, 2.05) is 6.92 Å². The summed E-state index contributed by atoms with van der Waals surface area (Å²) in [4.78, 5) is 35.4. The predicted octanol–water partition coefficient (Wildman–Crippen LogP) is 2.34. The van der Waals surface area contributed by atoms with Gasteiger partial charge < -0.3 is 14.8 Å². The minimum absolute atomic E-state index is 0.0580. The van der Waals surface area contributed by atoms with Crippen molar-refractivity contribution < 1.29 is 28.2 Å². The Hall–Kier alpha value is -2.15. The third-order valence-electron chi connectivity index (χ3n) is 3.47. The first kappa shape index (κ1) is 19.9. The lowest BCUT2D eigenvalue weighted by Crippen LogP contribution is -2.47. The van der Waals surface area contributed by atoms with E-state index in [9.17, 15) is 18.8 Å². The predicted molar refractivity (Wildman–Crippen MR) is 85.1 cm³/mol. The second kappa shape index (κ2) is 9.22. The minimum Gasteiger partial charge on any atom is -0.467 e. The Labute approximate surface area is 144 Å². The van der Waals surface area contributed by atoms with Gasteiger partial charge in [-0.15, -0.1) is 0 Å². The van der Waals surface area contributed by atoms with Gasteiger partial charge in [-0.1, -0.05) is 31.9 Å². The van der Waals surface area contributed by atoms with Crippen LogP contribution < -0.4 is 5.32 Å². The molecular weight excluding hydrogens is 341 g/mol. The zero-order valence-electron chi connectivity index (χ0n) is 13.6. The van der Waals surface area contributed by atoms with Crippen molar-refractivity contribution >= 4 is 29.4 Å². The van der Waals surface area contributed by atoms with Crippen molar-refractivity contribution in [2.45, 2.75) is 26.3 Å². The summed E-state index contributed by atoms with van der Waals surface area (Å²) in [5.41, 5.74) is -0.0580. The van der Waals surface area contributed by atoms with Crippen LogP contribution in [0.25, 0.3) is 0 Å². The van der Waals surface area contributed by atoms with Gasteiger partial charge >= 0.3 is 11.9 Å². The van der Waals surface area contributed by atoms with Gasteiger partial charge in [0.05, 0.1) is 17.7 Å². The van der Waals surface area contributed by atoms with Crippen molar-refractivity contribution in [3.8, 4) is 0 Å². The zero-order chi connectivity index (χ0) is 18.3. The van der Waals surface area contributed by atoms with Crippen LogP contribution in [0.1, 0.15) is 30.6 Å². The van der Waals surface area contributed by atoms with Crippen LogP contribution in [0.4, 0.5) is 4.39 Å². The smallest absolute Gasteiger partial charge is 0.340 e. The number of halogens is 2. The first-order valence-corrected chi connectivity index (χ1v) is 7.67. The second-order valence-corrected chi connectivity index (χ2v) is 5.56. The number of nitrogens with one attached hydrogen (secondary N) is 1. The van der Waals surface area contributed by atoms with Gasteiger partial charge in [-0.3, -0.25) is 4.79 Å². The van der Waals surface area contributed by atoms with E-state index in [2.05, 4.69) is 10.1 Å². The van der Waals surface area contributed by atoms with Crippen molar-refractivity contribution in [3.05, 3.63) is 34.6 Å². The van der Waals surface area contributed by atoms with Crippen LogP contribution in [-0.4, -0.2) is 37.6 Å². The summed E-state index contributed by atoms with van der Waals surface area (Å²) in [5.74, 6) is -2.84. The Morgan fingerprint density at radius 2 is 2.00 bits per heavy atom. The molecular formula is C16H19ClFNO5. The zero-order valence-corrected chi connectivity index (χ0v) is 14.4. The van der Waals surface area contributed by atoms with Gasteiger partial charge in [0.15, 0.2) is 6.61 Å². The van der Waals surface area contributed by atoms with E-state index in [4.69, 9.17) is 16.3 Å². The number of esters is 2. The lowest BCUT2D eigenvalue weighted by molar-refractivity contribution is -0.147. The van der Waals surface area contributed by atoms with Crippen molar-refractivity contribution in [2.24, 2.45) is 5.92 Å². The fourth-order valence-corrected chi connectivity index (χ4v) is 2.12. The summed E-state index contributed by atoms with van der Waals surface area (Å²) >= 11 is 5.74. The lowest BCUT2D eigenvalue weighted by Gasteiger charge is -2.21. The molecule has 0 aromatic heterocycles. The molecule has 0 radical (unpaired) electrons. The number of hydrogen-bond acceptors (Lipinski definition) is 5. The van der Waals surface area contributed by atoms with E-state index < -0.39 is 36.3 Å². The van der Waals surface area contributed by atoms with Crippen molar-refractivity contribution in [2.75, 3.05) is 13.7 Å². The SMILES string of the molecule is CC[C@H](C)[C@@H](NC(=O)COC(=O)c1ccc(F)cc1Cl)C(=O)OC. The molecule has 0 saturated heterocycles. The standard InChI is InChI=1S/C16H19ClFNO5/c1-4-9(2)14(16(22)23-3)19-13(20)8-24-15(21)11-6-5-10(18)7-12(11)17/h5-7,9,14H,4,8H2,1-3H3,(H,19,20)/t9-,14+/m0/s1. The summed E-state index contributed by atoms with van der Waals surface area (Å²) in [5, 5.41) is 2.35. The van der Waals surface area contributed by atoms with Gasteiger partial charge in [-0.2, -0.15) is 0 Å². The molecule has 2 atom stereocenters. The maximum Gasteiger partial charge on any atom is 0.340 e. The highest BCUT2D eigenvalue weighted by Crippen LogP contribution is 2.18. The van der Waals surface area contributed by atoms with Crippen LogP contribution >= 0.6 is 11.6 Å². The van der Waals surface area contributed by atoms with E-state index >= 15 is 0 Å². The van der Waals surface area contributed by atoms with E-state index in [-0.39, 0.29) is 16.5 Å². The molecule has 0 fully saturated rings. The number of ether oxygens (including phenoxy) is 2. The second-order valence-electron chi connectivity index (χ2n) is 5.15. The molecule has 6 nitrogen and oxygen atoms in total. The highest BCUT2D eigenvalue weighted by molar-refractivity contribution is 6.33. The van der Waals surface area contributed by atoms with Crippen molar-refractivity contribution in [1.29, 1.82) is 0 Å². The van der Waals surface area contributed by atoms with E-state index in [1.165, 1.54) is 7.11 Å². The molecule has 0 bridgehead atoms. The van der Waals surface area contributed by atoms with E-state index in [1.54, 1.807) is 6.92 Å². The van der Waals surface area contributed by atoms with Crippen LogP contribution in [0.2, 0.25) is 5.02 Å². The molecule has 1 amide bonds.